The van der Waals surface area contributed by atoms with Gasteiger partial charge < -0.3 is 4.90 Å². The van der Waals surface area contributed by atoms with E-state index < -0.39 is 0 Å². The van der Waals surface area contributed by atoms with Gasteiger partial charge in [-0.3, -0.25) is 4.79 Å². The maximum absolute atomic E-state index is 11.4. The lowest BCUT2D eigenvalue weighted by Gasteiger charge is -2.23. The van der Waals surface area contributed by atoms with Crippen LogP contribution >= 0.6 is 0 Å². The Labute approximate surface area is 91.2 Å². The Bertz CT molecular complexity index is 357. The van der Waals surface area contributed by atoms with Gasteiger partial charge in [-0.15, -0.1) is 6.58 Å². The molecule has 0 fully saturated rings. The van der Waals surface area contributed by atoms with Gasteiger partial charge >= 0.3 is 0 Å². The number of Topliss-reactive ketones (excluding diaryl/α,β-unsaturated/α-hetero) is 1. The summed E-state index contributed by atoms with van der Waals surface area (Å²) in [4.78, 5) is 13.6. The first-order chi connectivity index (χ1) is 7.20. The molecule has 0 unspecified atom stereocenters. The minimum Gasteiger partial charge on any atom is -0.368 e. The molecule has 0 amide bonds. The predicted octanol–water partition coefficient (Wildman–Crippen LogP) is 2.90. The Morgan fingerprint density at radius 1 is 1.47 bits per heavy atom. The number of likely N-dealkylation sites (N-methyl/N-ethyl adjacent to an activating group) is 1. The highest BCUT2D eigenvalue weighted by Crippen LogP contribution is 2.20. The van der Waals surface area contributed by atoms with E-state index in [0.717, 1.165) is 24.3 Å². The zero-order valence-electron chi connectivity index (χ0n) is 9.36. The van der Waals surface area contributed by atoms with E-state index in [1.807, 2.05) is 30.3 Å². The second kappa shape index (κ2) is 5.35. The molecule has 0 spiro atoms. The maximum Gasteiger partial charge on any atom is 0.161 e. The van der Waals surface area contributed by atoms with E-state index in [1.54, 1.807) is 6.92 Å². The van der Waals surface area contributed by atoms with Crippen LogP contribution in [0.25, 0.3) is 0 Å². The fourth-order valence-corrected chi connectivity index (χ4v) is 1.60. The van der Waals surface area contributed by atoms with E-state index in [1.165, 1.54) is 0 Å². The molecular formula is C13H17NO. The normalized spacial score (nSPS) is 9.73. The Hall–Kier alpha value is -1.57. The van der Waals surface area contributed by atoms with Crippen molar-refractivity contribution in [1.29, 1.82) is 0 Å². The zero-order valence-corrected chi connectivity index (χ0v) is 9.36. The molecule has 0 heterocycles. The van der Waals surface area contributed by atoms with Crippen LogP contribution in [0.1, 0.15) is 24.2 Å². The lowest BCUT2D eigenvalue weighted by molar-refractivity contribution is 0.101. The second-order valence-corrected chi connectivity index (χ2v) is 3.40. The Balaban J connectivity index is 3.09. The van der Waals surface area contributed by atoms with Crippen molar-refractivity contribution in [2.45, 2.75) is 13.8 Å². The average Bonchev–Trinajstić information content (AvgIpc) is 2.26. The third kappa shape index (κ3) is 2.69. The second-order valence-electron chi connectivity index (χ2n) is 3.40. The zero-order chi connectivity index (χ0) is 11.3. The van der Waals surface area contributed by atoms with Crippen LogP contribution < -0.4 is 4.90 Å². The van der Waals surface area contributed by atoms with Crippen molar-refractivity contribution in [3.8, 4) is 0 Å². The third-order valence-corrected chi connectivity index (χ3v) is 2.36. The monoisotopic (exact) mass is 203 g/mol. The number of benzene rings is 1. The highest BCUT2D eigenvalue weighted by atomic mass is 16.1. The Morgan fingerprint density at radius 2 is 2.13 bits per heavy atom. The molecule has 0 saturated carbocycles. The summed E-state index contributed by atoms with van der Waals surface area (Å²) in [6.07, 6.45) is 1.85. The molecule has 1 rings (SSSR count). The smallest absolute Gasteiger partial charge is 0.161 e. The minimum atomic E-state index is 0.105. The summed E-state index contributed by atoms with van der Waals surface area (Å²) in [5, 5.41) is 0. The van der Waals surface area contributed by atoms with Crippen molar-refractivity contribution < 1.29 is 4.79 Å². The molecule has 0 bridgehead atoms. The number of carbonyl (C=O) groups is 1. The predicted molar refractivity (Wildman–Crippen MR) is 64.5 cm³/mol. The maximum atomic E-state index is 11.4. The number of hydrogen-bond donors (Lipinski definition) is 0. The van der Waals surface area contributed by atoms with Crippen molar-refractivity contribution in [1.82, 2.24) is 0 Å². The summed E-state index contributed by atoms with van der Waals surface area (Å²) in [6.45, 7) is 9.03. The van der Waals surface area contributed by atoms with Gasteiger partial charge in [-0.2, -0.15) is 0 Å². The van der Waals surface area contributed by atoms with Gasteiger partial charge in [0.1, 0.15) is 0 Å². The molecular weight excluding hydrogens is 186 g/mol. The molecule has 0 aliphatic heterocycles. The number of rotatable bonds is 5. The van der Waals surface area contributed by atoms with E-state index in [-0.39, 0.29) is 5.78 Å². The summed E-state index contributed by atoms with van der Waals surface area (Å²) >= 11 is 0. The molecule has 0 aliphatic rings. The molecule has 0 aliphatic carbocycles. The fraction of sp³-hybridized carbons (Fsp3) is 0.308. The Kier molecular flexibility index (Phi) is 4.10. The molecule has 0 aromatic heterocycles. The third-order valence-electron chi connectivity index (χ3n) is 2.36. The van der Waals surface area contributed by atoms with Gasteiger partial charge in [0.2, 0.25) is 0 Å². The number of nitrogens with zero attached hydrogens (tertiary/aromatic N) is 1. The Morgan fingerprint density at radius 3 is 2.67 bits per heavy atom. The molecule has 1 aromatic carbocycles. The molecule has 2 nitrogen and oxygen atoms in total. The number of para-hydroxylation sites is 1. The highest BCUT2D eigenvalue weighted by Gasteiger charge is 2.10. The van der Waals surface area contributed by atoms with Gasteiger partial charge in [-0.05, 0) is 26.0 Å². The van der Waals surface area contributed by atoms with E-state index >= 15 is 0 Å². The van der Waals surface area contributed by atoms with Crippen LogP contribution in [0.4, 0.5) is 5.69 Å². The van der Waals surface area contributed by atoms with Crippen LogP contribution in [0.3, 0.4) is 0 Å². The van der Waals surface area contributed by atoms with Crippen LogP contribution in [0, 0.1) is 0 Å². The van der Waals surface area contributed by atoms with Gasteiger partial charge in [-0.1, -0.05) is 18.2 Å². The molecule has 0 saturated heterocycles. The van der Waals surface area contributed by atoms with E-state index in [2.05, 4.69) is 18.4 Å². The van der Waals surface area contributed by atoms with Crippen molar-refractivity contribution in [2.75, 3.05) is 18.0 Å². The first-order valence-electron chi connectivity index (χ1n) is 5.16. The van der Waals surface area contributed by atoms with Crippen molar-refractivity contribution in [3.63, 3.8) is 0 Å². The number of ketones is 1. The summed E-state index contributed by atoms with van der Waals surface area (Å²) in [6, 6.07) is 7.68. The van der Waals surface area contributed by atoms with Gasteiger partial charge in [0.15, 0.2) is 5.78 Å². The van der Waals surface area contributed by atoms with Crippen LogP contribution in [0.5, 0.6) is 0 Å². The lowest BCUT2D eigenvalue weighted by Crippen LogP contribution is -2.24. The molecule has 80 valence electrons. The summed E-state index contributed by atoms with van der Waals surface area (Å²) < 4.78 is 0. The standard InChI is InChI=1S/C13H17NO/c1-4-10-14(5-2)13-9-7-6-8-12(13)11(3)15/h4,6-9H,1,5,10H2,2-3H3. The largest absolute Gasteiger partial charge is 0.368 e. The van der Waals surface area contributed by atoms with Crippen molar-refractivity contribution >= 4 is 11.5 Å². The molecule has 2 heteroatoms. The number of hydrogen-bond acceptors (Lipinski definition) is 2. The van der Waals surface area contributed by atoms with Gasteiger partial charge in [0.25, 0.3) is 0 Å². The van der Waals surface area contributed by atoms with E-state index in [4.69, 9.17) is 0 Å². The SMILES string of the molecule is C=CCN(CC)c1ccccc1C(C)=O. The van der Waals surface area contributed by atoms with Crippen molar-refractivity contribution in [3.05, 3.63) is 42.5 Å². The highest BCUT2D eigenvalue weighted by molar-refractivity contribution is 5.99. The topological polar surface area (TPSA) is 20.3 Å². The van der Waals surface area contributed by atoms with Gasteiger partial charge in [-0.25, -0.2) is 0 Å². The fourth-order valence-electron chi connectivity index (χ4n) is 1.60. The van der Waals surface area contributed by atoms with E-state index in [0.29, 0.717) is 0 Å². The van der Waals surface area contributed by atoms with Crippen LogP contribution in [0.15, 0.2) is 36.9 Å². The molecule has 15 heavy (non-hydrogen) atoms. The quantitative estimate of drug-likeness (QED) is 0.541. The summed E-state index contributed by atoms with van der Waals surface area (Å²) in [5.74, 6) is 0.105. The number of anilines is 1. The summed E-state index contributed by atoms with van der Waals surface area (Å²) in [5.41, 5.74) is 1.77. The molecule has 1 aromatic rings. The summed E-state index contributed by atoms with van der Waals surface area (Å²) in [7, 11) is 0. The van der Waals surface area contributed by atoms with Crippen LogP contribution in [-0.2, 0) is 0 Å². The van der Waals surface area contributed by atoms with Crippen LogP contribution in [-0.4, -0.2) is 18.9 Å². The minimum absolute atomic E-state index is 0.105. The first-order valence-corrected chi connectivity index (χ1v) is 5.16. The van der Waals surface area contributed by atoms with Gasteiger partial charge in [0, 0.05) is 24.3 Å². The molecule has 0 N–H and O–H groups in total. The van der Waals surface area contributed by atoms with E-state index in [9.17, 15) is 4.79 Å². The lowest BCUT2D eigenvalue weighted by atomic mass is 10.1. The number of carbonyl (C=O) groups excluding carboxylic acids is 1. The van der Waals surface area contributed by atoms with Gasteiger partial charge in [0.05, 0.1) is 0 Å². The molecule has 0 radical (unpaired) electrons. The molecule has 0 atom stereocenters. The first kappa shape index (κ1) is 11.5. The van der Waals surface area contributed by atoms with Crippen LogP contribution in [0.2, 0.25) is 0 Å². The van der Waals surface area contributed by atoms with Crippen molar-refractivity contribution in [2.24, 2.45) is 0 Å². The average molecular weight is 203 g/mol.